The van der Waals surface area contributed by atoms with Gasteiger partial charge in [0.05, 0.1) is 11.0 Å². The van der Waals surface area contributed by atoms with Crippen molar-refractivity contribution in [2.45, 2.75) is 38.5 Å². The van der Waals surface area contributed by atoms with Crippen LogP contribution >= 0.6 is 0 Å². The molecule has 2 heteroatoms. The fraction of sp³-hybridized carbons (Fsp3) is 0.146. The van der Waals surface area contributed by atoms with Crippen molar-refractivity contribution in [2.24, 2.45) is 0 Å². The lowest BCUT2D eigenvalue weighted by Crippen LogP contribution is -2.17. The molecule has 2 aliphatic rings. The molecule has 0 radical (unpaired) electrons. The van der Waals surface area contributed by atoms with Crippen molar-refractivity contribution < 1.29 is 0 Å². The second-order valence-corrected chi connectivity index (χ2v) is 13.3. The Morgan fingerprint density at radius 3 is 1.91 bits per heavy atom. The maximum absolute atomic E-state index is 4.92. The summed E-state index contributed by atoms with van der Waals surface area (Å²) < 4.78 is 2.36. The molecule has 7 aromatic rings. The number of nitrogens with zero attached hydrogens (tertiary/aromatic N) is 2. The molecule has 0 unspecified atom stereocenters. The lowest BCUT2D eigenvalue weighted by atomic mass is 9.79. The molecule has 2 heterocycles. The van der Waals surface area contributed by atoms with E-state index in [2.05, 4.69) is 148 Å². The lowest BCUT2D eigenvalue weighted by Gasteiger charge is -2.24. The van der Waals surface area contributed by atoms with Crippen LogP contribution in [0.3, 0.4) is 0 Å². The Kier molecular flexibility index (Phi) is 4.77. The maximum Gasteiger partial charge on any atom is 0.138 e. The van der Waals surface area contributed by atoms with E-state index in [0.717, 1.165) is 5.82 Å². The van der Waals surface area contributed by atoms with Crippen molar-refractivity contribution in [1.29, 1.82) is 0 Å². The first-order valence-corrected chi connectivity index (χ1v) is 15.2. The second-order valence-electron chi connectivity index (χ2n) is 13.3. The van der Waals surface area contributed by atoms with E-state index in [9.17, 15) is 0 Å². The van der Waals surface area contributed by atoms with E-state index in [1.165, 1.54) is 77.4 Å². The number of rotatable bonds is 2. The second kappa shape index (κ2) is 8.33. The van der Waals surface area contributed by atoms with Gasteiger partial charge in [0.15, 0.2) is 0 Å². The summed E-state index contributed by atoms with van der Waals surface area (Å²) >= 11 is 0. The Balaban J connectivity index is 1.31. The van der Waals surface area contributed by atoms with Gasteiger partial charge in [-0.05, 0) is 98.1 Å². The molecule has 43 heavy (non-hydrogen) atoms. The zero-order valence-electron chi connectivity index (χ0n) is 24.9. The Morgan fingerprint density at radius 1 is 0.465 bits per heavy atom. The standard InChI is InChI=1S/C41H32N2/c1-40(2)33-16-10-8-14-27(33)30-22-35-31(23-34(30)40)29-21-32-28-15-9-11-17-37(28)43(38(32)24-36(29)41(35,3)4)39-20-26(18-19-42-39)25-12-6-5-7-13-25/h5-24H,1-4H3. The molecular weight excluding hydrogens is 520 g/mol. The number of hydrogen-bond acceptors (Lipinski definition) is 1. The van der Waals surface area contributed by atoms with E-state index in [4.69, 9.17) is 4.98 Å². The van der Waals surface area contributed by atoms with Gasteiger partial charge in [0.1, 0.15) is 5.82 Å². The maximum atomic E-state index is 4.92. The summed E-state index contributed by atoms with van der Waals surface area (Å²) in [4.78, 5) is 4.92. The molecule has 0 fully saturated rings. The molecule has 2 aromatic heterocycles. The van der Waals surface area contributed by atoms with E-state index in [-0.39, 0.29) is 10.8 Å². The van der Waals surface area contributed by atoms with Gasteiger partial charge in [-0.3, -0.25) is 4.57 Å². The van der Waals surface area contributed by atoms with Crippen LogP contribution in [0, 0.1) is 0 Å². The van der Waals surface area contributed by atoms with E-state index >= 15 is 0 Å². The van der Waals surface area contributed by atoms with Crippen LogP contribution in [-0.4, -0.2) is 9.55 Å². The van der Waals surface area contributed by atoms with Gasteiger partial charge in [-0.1, -0.05) is 100 Å². The average Bonchev–Trinajstić information content (AvgIpc) is 3.56. The molecule has 9 rings (SSSR count). The number of fused-ring (bicyclic) bond motifs is 9. The molecular formula is C41H32N2. The normalized spacial score (nSPS) is 15.3. The van der Waals surface area contributed by atoms with Gasteiger partial charge >= 0.3 is 0 Å². The van der Waals surface area contributed by atoms with Crippen molar-refractivity contribution in [2.75, 3.05) is 0 Å². The molecule has 0 atom stereocenters. The summed E-state index contributed by atoms with van der Waals surface area (Å²) in [5, 5.41) is 2.53. The molecule has 2 aliphatic carbocycles. The Labute approximate surface area is 252 Å². The van der Waals surface area contributed by atoms with Crippen molar-refractivity contribution in [3.63, 3.8) is 0 Å². The SMILES string of the molecule is CC1(C)c2ccccc2-c2cc3c(cc21)-c1cc2c4ccccc4n(-c4cc(-c5ccccc5)ccn4)c2cc1C3(C)C. The highest BCUT2D eigenvalue weighted by molar-refractivity contribution is 6.11. The smallest absolute Gasteiger partial charge is 0.138 e. The first kappa shape index (κ1) is 24.6. The zero-order chi connectivity index (χ0) is 29.1. The van der Waals surface area contributed by atoms with Crippen LogP contribution in [0.15, 0.2) is 121 Å². The Hall–Kier alpha value is -4.95. The predicted octanol–water partition coefficient (Wildman–Crippen LogP) is 10.5. The van der Waals surface area contributed by atoms with Crippen LogP contribution in [0.5, 0.6) is 0 Å². The molecule has 0 saturated heterocycles. The quantitative estimate of drug-likeness (QED) is 0.209. The van der Waals surface area contributed by atoms with Crippen molar-refractivity contribution in [3.05, 3.63) is 144 Å². The van der Waals surface area contributed by atoms with Gasteiger partial charge in [-0.15, -0.1) is 0 Å². The molecule has 0 aliphatic heterocycles. The number of para-hydroxylation sites is 1. The minimum atomic E-state index is -0.129. The molecule has 0 amide bonds. The van der Waals surface area contributed by atoms with Gasteiger partial charge in [0, 0.05) is 27.8 Å². The highest BCUT2D eigenvalue weighted by atomic mass is 15.1. The summed E-state index contributed by atoms with van der Waals surface area (Å²) in [6, 6.07) is 42.5. The van der Waals surface area contributed by atoms with Crippen LogP contribution in [0.4, 0.5) is 0 Å². The fourth-order valence-corrected chi connectivity index (χ4v) is 7.99. The van der Waals surface area contributed by atoms with E-state index < -0.39 is 0 Å². The highest BCUT2D eigenvalue weighted by Crippen LogP contribution is 2.56. The number of hydrogen-bond donors (Lipinski definition) is 0. The summed E-state index contributed by atoms with van der Waals surface area (Å²) in [7, 11) is 0. The van der Waals surface area contributed by atoms with Crippen molar-refractivity contribution in [3.8, 4) is 39.2 Å². The van der Waals surface area contributed by atoms with Gasteiger partial charge in [-0.25, -0.2) is 4.98 Å². The third kappa shape index (κ3) is 3.21. The van der Waals surface area contributed by atoms with Crippen LogP contribution in [-0.2, 0) is 10.8 Å². The topological polar surface area (TPSA) is 17.8 Å². The lowest BCUT2D eigenvalue weighted by molar-refractivity contribution is 0.652. The third-order valence-corrected chi connectivity index (χ3v) is 10.3. The number of pyridine rings is 1. The largest absolute Gasteiger partial charge is 0.294 e. The minimum Gasteiger partial charge on any atom is -0.294 e. The molecule has 2 nitrogen and oxygen atoms in total. The predicted molar refractivity (Wildman–Crippen MR) is 179 cm³/mol. The molecule has 0 bridgehead atoms. The Bertz CT molecular complexity index is 2280. The first-order chi connectivity index (χ1) is 20.8. The van der Waals surface area contributed by atoms with Gasteiger partial charge < -0.3 is 0 Å². The fourth-order valence-electron chi connectivity index (χ4n) is 7.99. The number of benzene rings is 5. The van der Waals surface area contributed by atoms with Crippen LogP contribution in [0.2, 0.25) is 0 Å². The molecule has 5 aromatic carbocycles. The third-order valence-electron chi connectivity index (χ3n) is 10.3. The molecule has 206 valence electrons. The summed E-state index contributed by atoms with van der Waals surface area (Å²) in [6.07, 6.45) is 1.94. The van der Waals surface area contributed by atoms with Crippen molar-refractivity contribution in [1.82, 2.24) is 9.55 Å². The first-order valence-electron chi connectivity index (χ1n) is 15.2. The average molecular weight is 553 g/mol. The van der Waals surface area contributed by atoms with Gasteiger partial charge in [0.25, 0.3) is 0 Å². The van der Waals surface area contributed by atoms with E-state index in [1.807, 2.05) is 6.20 Å². The van der Waals surface area contributed by atoms with Crippen molar-refractivity contribution >= 4 is 21.8 Å². The van der Waals surface area contributed by atoms with Gasteiger partial charge in [-0.2, -0.15) is 0 Å². The highest BCUT2D eigenvalue weighted by Gasteiger charge is 2.42. The van der Waals surface area contributed by atoms with E-state index in [1.54, 1.807) is 0 Å². The minimum absolute atomic E-state index is 0.0244. The zero-order valence-corrected chi connectivity index (χ0v) is 24.9. The van der Waals surface area contributed by atoms with Gasteiger partial charge in [0.2, 0.25) is 0 Å². The molecule has 0 spiro atoms. The Morgan fingerprint density at radius 2 is 1.09 bits per heavy atom. The molecule has 0 N–H and O–H groups in total. The summed E-state index contributed by atoms with van der Waals surface area (Å²) in [5.41, 5.74) is 15.8. The van der Waals surface area contributed by atoms with E-state index in [0.29, 0.717) is 0 Å². The van der Waals surface area contributed by atoms with Crippen LogP contribution in [0.25, 0.3) is 61.0 Å². The monoisotopic (exact) mass is 552 g/mol. The summed E-state index contributed by atoms with van der Waals surface area (Å²) in [5.74, 6) is 0.943. The summed E-state index contributed by atoms with van der Waals surface area (Å²) in [6.45, 7) is 9.53. The molecule has 0 saturated carbocycles. The van der Waals surface area contributed by atoms with Crippen LogP contribution in [0.1, 0.15) is 49.9 Å². The number of aromatic nitrogens is 2. The van der Waals surface area contributed by atoms with Crippen LogP contribution < -0.4 is 0 Å².